The fraction of sp³-hybridized carbons (Fsp3) is 0.263. The molecule has 0 spiro atoms. The Labute approximate surface area is 156 Å². The van der Waals surface area contributed by atoms with Gasteiger partial charge >= 0.3 is 6.18 Å². The molecule has 4 nitrogen and oxygen atoms in total. The molecule has 28 heavy (non-hydrogen) atoms. The highest BCUT2D eigenvalue weighted by molar-refractivity contribution is 6.08. The van der Waals surface area contributed by atoms with Crippen LogP contribution in [0.25, 0.3) is 0 Å². The molecule has 2 amide bonds. The SMILES string of the molecule is CN1C[C@H](c2ccc(C(F)(F)F)cc2)[C@@H](C(=O)Nc2ccc(F)c(F)c2)C1=O. The molecule has 1 heterocycles. The molecule has 2 aromatic rings. The molecule has 0 aromatic heterocycles. The number of hydrogen-bond acceptors (Lipinski definition) is 2. The highest BCUT2D eigenvalue weighted by atomic mass is 19.4. The predicted molar refractivity (Wildman–Crippen MR) is 90.3 cm³/mol. The Morgan fingerprint density at radius 3 is 2.29 bits per heavy atom. The lowest BCUT2D eigenvalue weighted by atomic mass is 9.87. The van der Waals surface area contributed by atoms with Crippen molar-refractivity contribution in [1.82, 2.24) is 4.90 Å². The molecule has 0 aliphatic carbocycles. The fourth-order valence-electron chi connectivity index (χ4n) is 3.21. The number of rotatable bonds is 3. The summed E-state index contributed by atoms with van der Waals surface area (Å²) in [6.07, 6.45) is -4.50. The number of carbonyl (C=O) groups excluding carboxylic acids is 2. The van der Waals surface area contributed by atoms with Crippen LogP contribution in [0.15, 0.2) is 42.5 Å². The number of anilines is 1. The van der Waals surface area contributed by atoms with E-state index in [1.54, 1.807) is 0 Å². The summed E-state index contributed by atoms with van der Waals surface area (Å²) in [4.78, 5) is 26.3. The molecule has 0 saturated carbocycles. The lowest BCUT2D eigenvalue weighted by molar-refractivity contribution is -0.138. The summed E-state index contributed by atoms with van der Waals surface area (Å²) in [5.41, 5.74) is -0.467. The molecular formula is C19H15F5N2O2. The van der Waals surface area contributed by atoms with Gasteiger partial charge in [0.25, 0.3) is 0 Å². The van der Waals surface area contributed by atoms with E-state index in [9.17, 15) is 31.5 Å². The van der Waals surface area contributed by atoms with Crippen molar-refractivity contribution >= 4 is 17.5 Å². The first-order valence-electron chi connectivity index (χ1n) is 8.26. The number of likely N-dealkylation sites (N-methyl/N-ethyl adjacent to an activating group) is 1. The van der Waals surface area contributed by atoms with Crippen LogP contribution in [0.1, 0.15) is 17.0 Å². The number of carbonyl (C=O) groups is 2. The molecule has 3 rings (SSSR count). The number of nitrogens with zero attached hydrogens (tertiary/aromatic N) is 1. The summed E-state index contributed by atoms with van der Waals surface area (Å²) >= 11 is 0. The minimum Gasteiger partial charge on any atom is -0.344 e. The van der Waals surface area contributed by atoms with E-state index in [2.05, 4.69) is 5.32 Å². The first-order chi connectivity index (χ1) is 13.1. The van der Waals surface area contributed by atoms with Crippen molar-refractivity contribution in [3.05, 3.63) is 65.2 Å². The van der Waals surface area contributed by atoms with Crippen molar-refractivity contribution in [2.75, 3.05) is 18.9 Å². The van der Waals surface area contributed by atoms with Crippen LogP contribution in [-0.4, -0.2) is 30.3 Å². The van der Waals surface area contributed by atoms with Gasteiger partial charge < -0.3 is 10.2 Å². The maximum absolute atomic E-state index is 13.3. The summed E-state index contributed by atoms with van der Waals surface area (Å²) in [6.45, 7) is 0.139. The van der Waals surface area contributed by atoms with E-state index >= 15 is 0 Å². The minimum absolute atomic E-state index is 0.0302. The smallest absolute Gasteiger partial charge is 0.344 e. The Morgan fingerprint density at radius 1 is 1.07 bits per heavy atom. The van der Waals surface area contributed by atoms with Gasteiger partial charge in [-0.15, -0.1) is 0 Å². The van der Waals surface area contributed by atoms with Crippen LogP contribution in [0, 0.1) is 17.6 Å². The summed E-state index contributed by atoms with van der Waals surface area (Å²) in [6, 6.07) is 7.01. The Bertz CT molecular complexity index is 912. The molecule has 1 N–H and O–H groups in total. The van der Waals surface area contributed by atoms with E-state index in [-0.39, 0.29) is 12.2 Å². The average molecular weight is 398 g/mol. The summed E-state index contributed by atoms with van der Waals surface area (Å²) < 4.78 is 64.6. The van der Waals surface area contributed by atoms with Gasteiger partial charge in [-0.2, -0.15) is 13.2 Å². The van der Waals surface area contributed by atoms with Gasteiger partial charge in [-0.1, -0.05) is 12.1 Å². The molecule has 0 unspecified atom stereocenters. The largest absolute Gasteiger partial charge is 0.416 e. The second-order valence-corrected chi connectivity index (χ2v) is 6.54. The number of nitrogens with one attached hydrogen (secondary N) is 1. The van der Waals surface area contributed by atoms with Crippen molar-refractivity contribution in [1.29, 1.82) is 0 Å². The molecular weight excluding hydrogens is 383 g/mol. The number of benzene rings is 2. The average Bonchev–Trinajstić information content (AvgIpc) is 2.93. The van der Waals surface area contributed by atoms with Crippen LogP contribution >= 0.6 is 0 Å². The second kappa shape index (κ2) is 7.21. The molecule has 0 bridgehead atoms. The van der Waals surface area contributed by atoms with E-state index in [0.717, 1.165) is 30.3 Å². The van der Waals surface area contributed by atoms with Gasteiger partial charge in [0.1, 0.15) is 5.92 Å². The van der Waals surface area contributed by atoms with E-state index < -0.39 is 47.0 Å². The van der Waals surface area contributed by atoms with Crippen molar-refractivity contribution in [3.8, 4) is 0 Å². The van der Waals surface area contributed by atoms with Gasteiger partial charge in [-0.25, -0.2) is 8.78 Å². The Balaban J connectivity index is 1.85. The highest BCUT2D eigenvalue weighted by Gasteiger charge is 2.44. The summed E-state index contributed by atoms with van der Waals surface area (Å²) in [7, 11) is 1.48. The van der Waals surface area contributed by atoms with E-state index in [0.29, 0.717) is 5.56 Å². The molecule has 1 aliphatic rings. The normalized spacial score (nSPS) is 19.8. The standard InChI is InChI=1S/C19H15F5N2O2/c1-26-9-13(10-2-4-11(5-3-10)19(22,23)24)16(18(26)28)17(27)25-12-6-7-14(20)15(21)8-12/h2-8,13,16H,9H2,1H3,(H,25,27)/t13-,16+/m1/s1. The van der Waals surface area contributed by atoms with Crippen LogP contribution < -0.4 is 5.32 Å². The first kappa shape index (κ1) is 19.8. The quantitative estimate of drug-likeness (QED) is 0.632. The predicted octanol–water partition coefficient (Wildman–Crippen LogP) is 3.79. The van der Waals surface area contributed by atoms with Crippen LogP contribution in [0.3, 0.4) is 0 Å². The maximum atomic E-state index is 13.3. The lowest BCUT2D eigenvalue weighted by Crippen LogP contribution is -2.32. The zero-order chi connectivity index (χ0) is 20.6. The van der Waals surface area contributed by atoms with Gasteiger partial charge in [0.05, 0.1) is 5.56 Å². The van der Waals surface area contributed by atoms with E-state index in [4.69, 9.17) is 0 Å². The first-order valence-corrected chi connectivity index (χ1v) is 8.26. The molecule has 1 aliphatic heterocycles. The molecule has 0 radical (unpaired) electrons. The topological polar surface area (TPSA) is 49.4 Å². The molecule has 2 aromatic carbocycles. The van der Waals surface area contributed by atoms with Gasteiger partial charge in [-0.3, -0.25) is 9.59 Å². The summed E-state index contributed by atoms with van der Waals surface area (Å²) in [5.74, 6) is -5.38. The van der Waals surface area contributed by atoms with Crippen LogP contribution in [0.5, 0.6) is 0 Å². The van der Waals surface area contributed by atoms with Crippen molar-refractivity contribution in [3.63, 3.8) is 0 Å². The zero-order valence-electron chi connectivity index (χ0n) is 14.6. The van der Waals surface area contributed by atoms with E-state index in [1.807, 2.05) is 0 Å². The number of hydrogen-bond donors (Lipinski definition) is 1. The van der Waals surface area contributed by atoms with Gasteiger partial charge in [0.2, 0.25) is 11.8 Å². The zero-order valence-corrected chi connectivity index (χ0v) is 14.6. The monoisotopic (exact) mass is 398 g/mol. The molecule has 148 valence electrons. The van der Waals surface area contributed by atoms with Gasteiger partial charge in [0.15, 0.2) is 11.6 Å². The molecule has 1 saturated heterocycles. The van der Waals surface area contributed by atoms with Crippen LogP contribution in [0.2, 0.25) is 0 Å². The Morgan fingerprint density at radius 2 is 1.71 bits per heavy atom. The maximum Gasteiger partial charge on any atom is 0.416 e. The van der Waals surface area contributed by atoms with E-state index in [1.165, 1.54) is 24.1 Å². The Kier molecular flexibility index (Phi) is 5.10. The summed E-state index contributed by atoms with van der Waals surface area (Å²) in [5, 5.41) is 2.37. The molecule has 2 atom stereocenters. The van der Waals surface area contributed by atoms with Crippen molar-refractivity contribution < 1.29 is 31.5 Å². The van der Waals surface area contributed by atoms with Gasteiger partial charge in [-0.05, 0) is 29.8 Å². The van der Waals surface area contributed by atoms with Crippen LogP contribution in [0.4, 0.5) is 27.6 Å². The van der Waals surface area contributed by atoms with Crippen molar-refractivity contribution in [2.45, 2.75) is 12.1 Å². The molecule has 1 fully saturated rings. The second-order valence-electron chi connectivity index (χ2n) is 6.54. The lowest BCUT2D eigenvalue weighted by Gasteiger charge is -2.18. The van der Waals surface area contributed by atoms with Crippen molar-refractivity contribution in [2.24, 2.45) is 5.92 Å². The molecule has 9 heteroatoms. The minimum atomic E-state index is -4.50. The third kappa shape index (κ3) is 3.83. The fourth-order valence-corrected chi connectivity index (χ4v) is 3.21. The highest BCUT2D eigenvalue weighted by Crippen LogP contribution is 2.36. The number of likely N-dealkylation sites (tertiary alicyclic amines) is 1. The third-order valence-corrected chi connectivity index (χ3v) is 4.65. The number of amides is 2. The van der Waals surface area contributed by atoms with Gasteiger partial charge in [0, 0.05) is 31.3 Å². The third-order valence-electron chi connectivity index (χ3n) is 4.65. The number of alkyl halides is 3. The number of halogens is 5. The Hall–Kier alpha value is -2.97. The van der Waals surface area contributed by atoms with Crippen LogP contribution in [-0.2, 0) is 15.8 Å².